The molecule has 0 bridgehead atoms. The molecule has 0 aliphatic rings. The molecule has 2 N–H and O–H groups in total. The SMILES string of the molecule is Cc1cc(N(C)C(C)CC(N)=S)ncn1. The summed E-state index contributed by atoms with van der Waals surface area (Å²) in [7, 11) is 1.98. The maximum Gasteiger partial charge on any atom is 0.132 e. The second kappa shape index (κ2) is 5.02. The highest BCUT2D eigenvalue weighted by atomic mass is 32.1. The summed E-state index contributed by atoms with van der Waals surface area (Å²) in [6.07, 6.45) is 2.25. The summed E-state index contributed by atoms with van der Waals surface area (Å²) in [5.74, 6) is 0.895. The Labute approximate surface area is 95.5 Å². The van der Waals surface area contributed by atoms with Crippen LogP contribution in [0.15, 0.2) is 12.4 Å². The van der Waals surface area contributed by atoms with Gasteiger partial charge in [-0.25, -0.2) is 9.97 Å². The molecule has 0 aromatic carbocycles. The normalized spacial score (nSPS) is 12.2. The van der Waals surface area contributed by atoms with Crippen molar-refractivity contribution >= 4 is 23.0 Å². The van der Waals surface area contributed by atoms with E-state index < -0.39 is 0 Å². The van der Waals surface area contributed by atoms with E-state index >= 15 is 0 Å². The van der Waals surface area contributed by atoms with Gasteiger partial charge in [-0.15, -0.1) is 0 Å². The number of thiocarbonyl (C=S) groups is 1. The van der Waals surface area contributed by atoms with Crippen LogP contribution in [0.3, 0.4) is 0 Å². The van der Waals surface area contributed by atoms with E-state index in [0.29, 0.717) is 11.4 Å². The van der Waals surface area contributed by atoms with E-state index in [2.05, 4.69) is 16.9 Å². The van der Waals surface area contributed by atoms with Gasteiger partial charge in [0, 0.05) is 31.3 Å². The van der Waals surface area contributed by atoms with Crippen LogP contribution >= 0.6 is 12.2 Å². The van der Waals surface area contributed by atoms with Crippen molar-refractivity contribution in [3.05, 3.63) is 18.1 Å². The van der Waals surface area contributed by atoms with Crippen molar-refractivity contribution in [3.63, 3.8) is 0 Å². The Bertz CT molecular complexity index is 353. The molecule has 0 aliphatic heterocycles. The molecule has 0 aliphatic carbocycles. The lowest BCUT2D eigenvalue weighted by molar-refractivity contribution is 0.703. The molecule has 1 aromatic heterocycles. The average Bonchev–Trinajstić information content (AvgIpc) is 2.15. The number of hydrogen-bond acceptors (Lipinski definition) is 4. The highest BCUT2D eigenvalue weighted by Gasteiger charge is 2.12. The fraction of sp³-hybridized carbons (Fsp3) is 0.500. The number of hydrogen-bond donors (Lipinski definition) is 1. The van der Waals surface area contributed by atoms with Crippen LogP contribution in [0.25, 0.3) is 0 Å². The lowest BCUT2D eigenvalue weighted by Crippen LogP contribution is -2.33. The number of anilines is 1. The average molecular weight is 224 g/mol. The summed E-state index contributed by atoms with van der Waals surface area (Å²) in [5.41, 5.74) is 6.46. The van der Waals surface area contributed by atoms with Gasteiger partial charge < -0.3 is 10.6 Å². The van der Waals surface area contributed by atoms with E-state index in [4.69, 9.17) is 18.0 Å². The maximum atomic E-state index is 5.51. The molecule has 4 nitrogen and oxygen atoms in total. The molecule has 0 radical (unpaired) electrons. The van der Waals surface area contributed by atoms with Crippen LogP contribution in [0.5, 0.6) is 0 Å². The molecule has 5 heteroatoms. The Kier molecular flexibility index (Phi) is 3.96. The zero-order chi connectivity index (χ0) is 11.4. The lowest BCUT2D eigenvalue weighted by Gasteiger charge is -2.25. The number of rotatable bonds is 4. The predicted molar refractivity (Wildman–Crippen MR) is 66.0 cm³/mol. The molecular formula is C10H16N4S. The van der Waals surface area contributed by atoms with Gasteiger partial charge in [0.25, 0.3) is 0 Å². The predicted octanol–water partition coefficient (Wildman–Crippen LogP) is 1.29. The van der Waals surface area contributed by atoms with Gasteiger partial charge in [0.05, 0.1) is 4.99 Å². The van der Waals surface area contributed by atoms with Crippen LogP contribution in [-0.4, -0.2) is 28.0 Å². The minimum Gasteiger partial charge on any atom is -0.393 e. The first-order valence-electron chi connectivity index (χ1n) is 4.80. The maximum absolute atomic E-state index is 5.51. The highest BCUT2D eigenvalue weighted by molar-refractivity contribution is 7.80. The van der Waals surface area contributed by atoms with Crippen LogP contribution < -0.4 is 10.6 Å². The van der Waals surface area contributed by atoms with Crippen LogP contribution in [0, 0.1) is 6.92 Å². The van der Waals surface area contributed by atoms with Gasteiger partial charge in [-0.3, -0.25) is 0 Å². The van der Waals surface area contributed by atoms with Gasteiger partial charge in [0.1, 0.15) is 12.1 Å². The minimum absolute atomic E-state index is 0.247. The van der Waals surface area contributed by atoms with Crippen LogP contribution in [-0.2, 0) is 0 Å². The smallest absolute Gasteiger partial charge is 0.132 e. The van der Waals surface area contributed by atoms with Gasteiger partial charge >= 0.3 is 0 Å². The Hall–Kier alpha value is -1.23. The molecule has 1 unspecified atom stereocenters. The summed E-state index contributed by atoms with van der Waals surface area (Å²) in [4.78, 5) is 10.8. The molecule has 1 rings (SSSR count). The summed E-state index contributed by atoms with van der Waals surface area (Å²) < 4.78 is 0. The minimum atomic E-state index is 0.247. The standard InChI is InChI=1S/C10H16N4S/c1-7-4-10(13-6-12-7)14(3)8(2)5-9(11)15/h4,6,8H,5H2,1-3H3,(H2,11,15). The zero-order valence-electron chi connectivity index (χ0n) is 9.27. The monoisotopic (exact) mass is 224 g/mol. The third kappa shape index (κ3) is 3.43. The van der Waals surface area contributed by atoms with Gasteiger partial charge in [-0.2, -0.15) is 0 Å². The zero-order valence-corrected chi connectivity index (χ0v) is 10.1. The summed E-state index contributed by atoms with van der Waals surface area (Å²) in [6, 6.07) is 2.19. The molecule has 1 atom stereocenters. The molecule has 0 fully saturated rings. The van der Waals surface area contributed by atoms with Crippen molar-refractivity contribution < 1.29 is 0 Å². The molecule has 0 saturated carbocycles. The molecule has 82 valence electrons. The van der Waals surface area contributed by atoms with Crippen molar-refractivity contribution in [2.45, 2.75) is 26.3 Å². The molecular weight excluding hydrogens is 208 g/mol. The van der Waals surface area contributed by atoms with E-state index in [9.17, 15) is 0 Å². The van der Waals surface area contributed by atoms with Gasteiger partial charge in [0.2, 0.25) is 0 Å². The first kappa shape index (κ1) is 11.8. The molecule has 1 aromatic rings. The van der Waals surface area contributed by atoms with Gasteiger partial charge in [-0.05, 0) is 13.8 Å². The Morgan fingerprint density at radius 3 is 2.80 bits per heavy atom. The third-order valence-corrected chi connectivity index (χ3v) is 2.48. The number of nitrogens with zero attached hydrogens (tertiary/aromatic N) is 3. The van der Waals surface area contributed by atoms with Crippen LogP contribution in [0.1, 0.15) is 19.0 Å². The fourth-order valence-corrected chi connectivity index (χ4v) is 1.53. The largest absolute Gasteiger partial charge is 0.393 e. The van der Waals surface area contributed by atoms with E-state index in [1.54, 1.807) is 6.33 Å². The molecule has 1 heterocycles. The second-order valence-electron chi connectivity index (χ2n) is 3.65. The van der Waals surface area contributed by atoms with Crippen LogP contribution in [0.4, 0.5) is 5.82 Å². The number of aromatic nitrogens is 2. The van der Waals surface area contributed by atoms with Crippen molar-refractivity contribution in [2.75, 3.05) is 11.9 Å². The first-order valence-corrected chi connectivity index (χ1v) is 5.21. The molecule has 0 spiro atoms. The van der Waals surface area contributed by atoms with Gasteiger partial charge in [-0.1, -0.05) is 12.2 Å². The fourth-order valence-electron chi connectivity index (χ4n) is 1.29. The topological polar surface area (TPSA) is 55.0 Å². The number of nitrogens with two attached hydrogens (primary N) is 1. The third-order valence-electron chi connectivity index (χ3n) is 2.31. The van der Waals surface area contributed by atoms with Gasteiger partial charge in [0.15, 0.2) is 0 Å². The Morgan fingerprint density at radius 1 is 1.60 bits per heavy atom. The highest BCUT2D eigenvalue weighted by Crippen LogP contribution is 2.13. The Balaban J connectivity index is 2.75. The second-order valence-corrected chi connectivity index (χ2v) is 4.17. The first-order chi connectivity index (χ1) is 7.00. The number of aryl methyl sites for hydroxylation is 1. The van der Waals surface area contributed by atoms with Crippen molar-refractivity contribution in [3.8, 4) is 0 Å². The molecule has 0 amide bonds. The van der Waals surface area contributed by atoms with Crippen molar-refractivity contribution in [2.24, 2.45) is 5.73 Å². The Morgan fingerprint density at radius 2 is 2.27 bits per heavy atom. The molecule has 15 heavy (non-hydrogen) atoms. The van der Waals surface area contributed by atoms with E-state index in [-0.39, 0.29) is 6.04 Å². The quantitative estimate of drug-likeness (QED) is 0.781. The van der Waals surface area contributed by atoms with Crippen LogP contribution in [0.2, 0.25) is 0 Å². The van der Waals surface area contributed by atoms with Crippen molar-refractivity contribution in [1.29, 1.82) is 0 Å². The van der Waals surface area contributed by atoms with E-state index in [1.807, 2.05) is 24.9 Å². The van der Waals surface area contributed by atoms with Crippen molar-refractivity contribution in [1.82, 2.24) is 9.97 Å². The summed E-state index contributed by atoms with van der Waals surface area (Å²) in [6.45, 7) is 4.01. The van der Waals surface area contributed by atoms with E-state index in [1.165, 1.54) is 0 Å². The summed E-state index contributed by atoms with van der Waals surface area (Å²) in [5, 5.41) is 0. The summed E-state index contributed by atoms with van der Waals surface area (Å²) >= 11 is 4.89. The lowest BCUT2D eigenvalue weighted by atomic mass is 10.2. The van der Waals surface area contributed by atoms with E-state index in [0.717, 1.165) is 11.5 Å². The molecule has 0 saturated heterocycles.